The van der Waals surface area contributed by atoms with Crippen LogP contribution in [-0.4, -0.2) is 49.1 Å². The fourth-order valence-electron chi connectivity index (χ4n) is 3.24. The molecule has 28 heavy (non-hydrogen) atoms. The van der Waals surface area contributed by atoms with Gasteiger partial charge in [0.05, 0.1) is 24.1 Å². The van der Waals surface area contributed by atoms with Gasteiger partial charge in [0.2, 0.25) is 10.0 Å². The van der Waals surface area contributed by atoms with Crippen molar-refractivity contribution in [3.63, 3.8) is 0 Å². The van der Waals surface area contributed by atoms with Crippen molar-refractivity contribution in [2.24, 2.45) is 0 Å². The number of benzene rings is 1. The van der Waals surface area contributed by atoms with E-state index in [4.69, 9.17) is 9.47 Å². The minimum absolute atomic E-state index is 0.0165. The second-order valence-corrected chi connectivity index (χ2v) is 9.44. The van der Waals surface area contributed by atoms with E-state index < -0.39 is 22.0 Å². The third-order valence-corrected chi connectivity index (χ3v) is 7.55. The summed E-state index contributed by atoms with van der Waals surface area (Å²) in [4.78, 5) is 17.0. The molecule has 1 aromatic carbocycles. The number of carbonyl (C=O) groups is 1. The number of rotatable bonds is 8. The van der Waals surface area contributed by atoms with Gasteiger partial charge in [0.15, 0.2) is 0 Å². The van der Waals surface area contributed by atoms with Crippen LogP contribution in [0.3, 0.4) is 0 Å². The Hall–Kier alpha value is -1.97. The van der Waals surface area contributed by atoms with Crippen LogP contribution in [0.15, 0.2) is 29.6 Å². The summed E-state index contributed by atoms with van der Waals surface area (Å²) >= 11 is 1.44. The van der Waals surface area contributed by atoms with Crippen LogP contribution in [0.25, 0.3) is 10.6 Å². The number of aromatic nitrogens is 1. The van der Waals surface area contributed by atoms with E-state index in [-0.39, 0.29) is 12.4 Å². The molecule has 1 aliphatic heterocycles. The Morgan fingerprint density at radius 1 is 1.36 bits per heavy atom. The van der Waals surface area contributed by atoms with Crippen LogP contribution in [-0.2, 0) is 26.2 Å². The number of esters is 1. The number of carbonyl (C=O) groups excluding carboxylic acids is 1. The molecule has 0 radical (unpaired) electrons. The number of nitrogens with zero attached hydrogens (tertiary/aromatic N) is 2. The van der Waals surface area contributed by atoms with Crippen molar-refractivity contribution in [2.45, 2.75) is 38.8 Å². The zero-order chi connectivity index (χ0) is 20.1. The molecular weight excluding hydrogens is 400 g/mol. The summed E-state index contributed by atoms with van der Waals surface area (Å²) in [5, 5.41) is 2.60. The van der Waals surface area contributed by atoms with Crippen molar-refractivity contribution in [3.05, 3.63) is 35.3 Å². The third-order valence-electron chi connectivity index (χ3n) is 4.55. The lowest BCUT2D eigenvalue weighted by atomic mass is 10.2. The lowest BCUT2D eigenvalue weighted by molar-refractivity contribution is -0.148. The van der Waals surface area contributed by atoms with E-state index in [0.29, 0.717) is 31.5 Å². The average Bonchev–Trinajstić information content (AvgIpc) is 3.36. The van der Waals surface area contributed by atoms with Crippen LogP contribution >= 0.6 is 11.3 Å². The molecule has 0 amide bonds. The molecule has 1 aromatic heterocycles. The first-order valence-corrected chi connectivity index (χ1v) is 11.7. The quantitative estimate of drug-likeness (QED) is 0.606. The Morgan fingerprint density at radius 2 is 2.14 bits per heavy atom. The maximum Gasteiger partial charge on any atom is 0.324 e. The summed E-state index contributed by atoms with van der Waals surface area (Å²) < 4.78 is 36.7. The van der Waals surface area contributed by atoms with Crippen molar-refractivity contribution < 1.29 is 22.7 Å². The molecule has 0 N–H and O–H groups in total. The zero-order valence-corrected chi connectivity index (χ0v) is 17.6. The Balaban J connectivity index is 1.65. The molecular formula is C19H24N2O5S2. The first-order chi connectivity index (χ1) is 13.5. The molecule has 9 heteroatoms. The highest BCUT2D eigenvalue weighted by molar-refractivity contribution is 7.89. The summed E-state index contributed by atoms with van der Waals surface area (Å²) in [5.41, 5.74) is 1.50. The predicted molar refractivity (Wildman–Crippen MR) is 108 cm³/mol. The van der Waals surface area contributed by atoms with Gasteiger partial charge in [0, 0.05) is 11.9 Å². The minimum Gasteiger partial charge on any atom is -0.496 e. The smallest absolute Gasteiger partial charge is 0.324 e. The van der Waals surface area contributed by atoms with Gasteiger partial charge in [0.1, 0.15) is 23.4 Å². The average molecular weight is 425 g/mol. The Labute approximate surface area is 169 Å². The second kappa shape index (κ2) is 9.02. The largest absolute Gasteiger partial charge is 0.496 e. The molecule has 1 saturated heterocycles. The summed E-state index contributed by atoms with van der Waals surface area (Å²) in [6, 6.07) is 6.84. The fraction of sp³-hybridized carbons (Fsp3) is 0.474. The summed E-state index contributed by atoms with van der Waals surface area (Å²) in [6.07, 6.45) is 1.67. The SMILES string of the molecule is CCCS(=O)(=O)N1CCCC1C(=O)OCc1csc(-c2ccccc2OC)n1. The van der Waals surface area contributed by atoms with Crippen LogP contribution in [0.1, 0.15) is 31.9 Å². The number of methoxy groups -OCH3 is 1. The van der Waals surface area contributed by atoms with Gasteiger partial charge < -0.3 is 9.47 Å². The van der Waals surface area contributed by atoms with Crippen LogP contribution in [0.2, 0.25) is 0 Å². The molecule has 1 unspecified atom stereocenters. The first-order valence-electron chi connectivity index (χ1n) is 9.20. The molecule has 3 rings (SSSR count). The fourth-order valence-corrected chi connectivity index (χ4v) is 5.81. The van der Waals surface area contributed by atoms with Gasteiger partial charge >= 0.3 is 5.97 Å². The zero-order valence-electron chi connectivity index (χ0n) is 16.0. The standard InChI is InChI=1S/C19H24N2O5S2/c1-3-11-28(23,24)21-10-6-8-16(21)19(22)26-12-14-13-27-18(20-14)15-7-4-5-9-17(15)25-2/h4-5,7,9,13,16H,3,6,8,10-12H2,1-2H3. The maximum absolute atomic E-state index is 12.5. The van der Waals surface area contributed by atoms with E-state index in [1.807, 2.05) is 36.6 Å². The molecule has 1 fully saturated rings. The lowest BCUT2D eigenvalue weighted by Gasteiger charge is -2.22. The highest BCUT2D eigenvalue weighted by atomic mass is 32.2. The van der Waals surface area contributed by atoms with E-state index in [2.05, 4.69) is 4.98 Å². The second-order valence-electron chi connectivity index (χ2n) is 6.54. The molecule has 2 heterocycles. The molecule has 2 aromatic rings. The Morgan fingerprint density at radius 3 is 2.89 bits per heavy atom. The normalized spacial score (nSPS) is 17.6. The van der Waals surface area contributed by atoms with Gasteiger partial charge in [-0.2, -0.15) is 4.31 Å². The van der Waals surface area contributed by atoms with Crippen molar-refractivity contribution >= 4 is 27.3 Å². The molecule has 7 nitrogen and oxygen atoms in total. The van der Waals surface area contributed by atoms with E-state index in [9.17, 15) is 13.2 Å². The van der Waals surface area contributed by atoms with Crippen molar-refractivity contribution in [3.8, 4) is 16.3 Å². The monoisotopic (exact) mass is 424 g/mol. The van der Waals surface area contributed by atoms with Crippen LogP contribution in [0, 0.1) is 0 Å². The molecule has 0 aliphatic carbocycles. The number of ether oxygens (including phenoxy) is 2. The van der Waals surface area contributed by atoms with Gasteiger partial charge in [-0.25, -0.2) is 13.4 Å². The van der Waals surface area contributed by atoms with Gasteiger partial charge in [-0.05, 0) is 31.4 Å². The molecule has 0 saturated carbocycles. The Kier molecular flexibility index (Phi) is 6.69. The minimum atomic E-state index is -3.42. The van der Waals surface area contributed by atoms with E-state index >= 15 is 0 Å². The van der Waals surface area contributed by atoms with Crippen LogP contribution in [0.5, 0.6) is 5.75 Å². The van der Waals surface area contributed by atoms with E-state index in [1.54, 1.807) is 7.11 Å². The lowest BCUT2D eigenvalue weighted by Crippen LogP contribution is -2.42. The topological polar surface area (TPSA) is 85.8 Å². The summed E-state index contributed by atoms with van der Waals surface area (Å²) in [7, 11) is -1.82. The molecule has 152 valence electrons. The number of hydrogen-bond donors (Lipinski definition) is 0. The van der Waals surface area contributed by atoms with Crippen LogP contribution < -0.4 is 4.74 Å². The number of hydrogen-bond acceptors (Lipinski definition) is 7. The Bertz CT molecular complexity index is 926. The number of thiazole rings is 1. The summed E-state index contributed by atoms with van der Waals surface area (Å²) in [6.45, 7) is 2.20. The predicted octanol–water partition coefficient (Wildman–Crippen LogP) is 3.07. The van der Waals surface area contributed by atoms with Crippen molar-refractivity contribution in [2.75, 3.05) is 19.4 Å². The molecule has 1 aliphatic rings. The van der Waals surface area contributed by atoms with Gasteiger partial charge in [-0.3, -0.25) is 4.79 Å². The maximum atomic E-state index is 12.5. The van der Waals surface area contributed by atoms with Gasteiger partial charge in [-0.15, -0.1) is 11.3 Å². The molecule has 0 bridgehead atoms. The number of sulfonamides is 1. The third kappa shape index (κ3) is 4.53. The van der Waals surface area contributed by atoms with E-state index in [1.165, 1.54) is 15.6 Å². The first kappa shape index (κ1) is 20.8. The van der Waals surface area contributed by atoms with Crippen molar-refractivity contribution in [1.82, 2.24) is 9.29 Å². The molecule has 0 spiro atoms. The highest BCUT2D eigenvalue weighted by Crippen LogP contribution is 2.32. The van der Waals surface area contributed by atoms with Gasteiger partial charge in [0.25, 0.3) is 0 Å². The van der Waals surface area contributed by atoms with Gasteiger partial charge in [-0.1, -0.05) is 19.1 Å². The summed E-state index contributed by atoms with van der Waals surface area (Å²) in [5.74, 6) is 0.262. The highest BCUT2D eigenvalue weighted by Gasteiger charge is 2.39. The molecule has 1 atom stereocenters. The number of para-hydroxylation sites is 1. The van der Waals surface area contributed by atoms with Crippen LogP contribution in [0.4, 0.5) is 0 Å². The van der Waals surface area contributed by atoms with E-state index in [0.717, 1.165) is 16.3 Å². The van der Waals surface area contributed by atoms with Crippen molar-refractivity contribution in [1.29, 1.82) is 0 Å².